The highest BCUT2D eigenvalue weighted by Crippen LogP contribution is 2.58. The Balaban J connectivity index is 1.63. The van der Waals surface area contributed by atoms with Gasteiger partial charge in [0.05, 0.1) is 0 Å². The molecule has 3 aliphatic rings. The molecule has 1 heterocycles. The summed E-state index contributed by atoms with van der Waals surface area (Å²) in [5.74, 6) is 2.44. The van der Waals surface area contributed by atoms with Crippen molar-refractivity contribution in [1.29, 1.82) is 0 Å². The lowest BCUT2D eigenvalue weighted by molar-refractivity contribution is -0.136. The van der Waals surface area contributed by atoms with Gasteiger partial charge in [0.25, 0.3) is 0 Å². The van der Waals surface area contributed by atoms with E-state index in [1.54, 1.807) is 0 Å². The molecular weight excluding hydrogens is 224 g/mol. The minimum atomic E-state index is 0.417. The second-order valence-electron chi connectivity index (χ2n) is 6.30. The van der Waals surface area contributed by atoms with Crippen LogP contribution in [0.1, 0.15) is 45.4 Å². The zero-order valence-electron chi connectivity index (χ0n) is 11.5. The summed E-state index contributed by atoms with van der Waals surface area (Å²) in [6.07, 6.45) is 7.38. The summed E-state index contributed by atoms with van der Waals surface area (Å²) in [5, 5.41) is 3.40. The van der Waals surface area contributed by atoms with Crippen molar-refractivity contribution in [3.05, 3.63) is 0 Å². The molecule has 2 unspecified atom stereocenters. The van der Waals surface area contributed by atoms with Gasteiger partial charge in [-0.2, -0.15) is 0 Å². The highest BCUT2D eigenvalue weighted by atomic mass is 16.2. The molecule has 2 saturated carbocycles. The van der Waals surface area contributed by atoms with Gasteiger partial charge in [0.1, 0.15) is 0 Å². The monoisotopic (exact) mass is 250 g/mol. The molecule has 0 spiro atoms. The van der Waals surface area contributed by atoms with Crippen molar-refractivity contribution in [2.75, 3.05) is 19.6 Å². The van der Waals surface area contributed by atoms with Gasteiger partial charge in [-0.25, -0.2) is 0 Å². The van der Waals surface area contributed by atoms with Crippen LogP contribution in [0.5, 0.6) is 0 Å². The lowest BCUT2D eigenvalue weighted by Gasteiger charge is -2.35. The molecule has 102 valence electrons. The molecular formula is C15H26N2O. The third-order valence-electron chi connectivity index (χ3n) is 5.19. The predicted molar refractivity (Wildman–Crippen MR) is 72.2 cm³/mol. The topological polar surface area (TPSA) is 32.3 Å². The largest absolute Gasteiger partial charge is 0.339 e. The molecule has 3 fully saturated rings. The number of nitrogens with zero attached hydrogens (tertiary/aromatic N) is 1. The van der Waals surface area contributed by atoms with Crippen LogP contribution in [0.2, 0.25) is 0 Å². The second kappa shape index (κ2) is 5.20. The fraction of sp³-hybridized carbons (Fsp3) is 0.933. The normalized spacial score (nSPS) is 35.3. The van der Waals surface area contributed by atoms with E-state index < -0.39 is 0 Å². The van der Waals surface area contributed by atoms with E-state index in [4.69, 9.17) is 0 Å². The number of carbonyl (C=O) groups is 1. The first-order valence-electron chi connectivity index (χ1n) is 7.84. The van der Waals surface area contributed by atoms with Gasteiger partial charge >= 0.3 is 0 Å². The average molecular weight is 250 g/mol. The summed E-state index contributed by atoms with van der Waals surface area (Å²) in [5.41, 5.74) is 0. The SMILES string of the molecule is CCCN(C(=O)C1C2CCCC21)C1CCNCC1. The Labute approximate surface area is 110 Å². The lowest BCUT2D eigenvalue weighted by Crippen LogP contribution is -2.47. The summed E-state index contributed by atoms with van der Waals surface area (Å²) in [6, 6.07) is 0.514. The maximum atomic E-state index is 12.7. The minimum absolute atomic E-state index is 0.417. The molecule has 1 aliphatic heterocycles. The first-order chi connectivity index (χ1) is 8.83. The van der Waals surface area contributed by atoms with Gasteiger partial charge in [-0.15, -0.1) is 0 Å². The Morgan fingerprint density at radius 3 is 2.44 bits per heavy atom. The second-order valence-corrected chi connectivity index (χ2v) is 6.30. The fourth-order valence-electron chi connectivity index (χ4n) is 4.21. The summed E-state index contributed by atoms with van der Waals surface area (Å²) in [6.45, 7) is 5.32. The summed E-state index contributed by atoms with van der Waals surface area (Å²) in [4.78, 5) is 15.0. The molecule has 0 radical (unpaired) electrons. The van der Waals surface area contributed by atoms with Crippen molar-refractivity contribution in [3.8, 4) is 0 Å². The molecule has 3 rings (SSSR count). The van der Waals surface area contributed by atoms with Crippen LogP contribution in [0.3, 0.4) is 0 Å². The van der Waals surface area contributed by atoms with Crippen LogP contribution in [-0.4, -0.2) is 36.5 Å². The fourth-order valence-corrected chi connectivity index (χ4v) is 4.21. The van der Waals surface area contributed by atoms with E-state index in [2.05, 4.69) is 17.1 Å². The van der Waals surface area contributed by atoms with Gasteiger partial charge in [0.2, 0.25) is 5.91 Å². The first-order valence-corrected chi connectivity index (χ1v) is 7.84. The molecule has 3 nitrogen and oxygen atoms in total. The molecule has 3 heteroatoms. The van der Waals surface area contributed by atoms with Crippen molar-refractivity contribution in [2.24, 2.45) is 17.8 Å². The molecule has 1 amide bonds. The Bertz CT molecular complexity index is 302. The van der Waals surface area contributed by atoms with E-state index in [1.165, 1.54) is 19.3 Å². The summed E-state index contributed by atoms with van der Waals surface area (Å²) >= 11 is 0. The first kappa shape index (κ1) is 12.5. The molecule has 18 heavy (non-hydrogen) atoms. The van der Waals surface area contributed by atoms with Crippen LogP contribution in [0, 0.1) is 17.8 Å². The zero-order valence-corrected chi connectivity index (χ0v) is 11.5. The van der Waals surface area contributed by atoms with Crippen molar-refractivity contribution >= 4 is 5.91 Å². The number of carbonyl (C=O) groups excluding carboxylic acids is 1. The van der Waals surface area contributed by atoms with E-state index in [9.17, 15) is 4.79 Å². The summed E-state index contributed by atoms with van der Waals surface area (Å²) < 4.78 is 0. The maximum absolute atomic E-state index is 12.7. The third-order valence-corrected chi connectivity index (χ3v) is 5.19. The van der Waals surface area contributed by atoms with Crippen LogP contribution in [0.25, 0.3) is 0 Å². The smallest absolute Gasteiger partial charge is 0.226 e. The van der Waals surface area contributed by atoms with E-state index in [-0.39, 0.29) is 0 Å². The Morgan fingerprint density at radius 2 is 1.83 bits per heavy atom. The number of hydrogen-bond donors (Lipinski definition) is 1. The van der Waals surface area contributed by atoms with Gasteiger partial charge < -0.3 is 10.2 Å². The number of piperidine rings is 1. The van der Waals surface area contributed by atoms with Gasteiger partial charge in [0, 0.05) is 18.5 Å². The zero-order chi connectivity index (χ0) is 12.5. The van der Waals surface area contributed by atoms with Gasteiger partial charge in [-0.3, -0.25) is 4.79 Å². The van der Waals surface area contributed by atoms with E-state index in [0.717, 1.165) is 50.7 Å². The Morgan fingerprint density at radius 1 is 1.17 bits per heavy atom. The van der Waals surface area contributed by atoms with Crippen molar-refractivity contribution in [3.63, 3.8) is 0 Å². The van der Waals surface area contributed by atoms with Gasteiger partial charge in [-0.05, 0) is 57.0 Å². The van der Waals surface area contributed by atoms with E-state index >= 15 is 0 Å². The molecule has 2 aliphatic carbocycles. The number of hydrogen-bond acceptors (Lipinski definition) is 2. The van der Waals surface area contributed by atoms with Crippen molar-refractivity contribution in [1.82, 2.24) is 10.2 Å². The highest BCUT2D eigenvalue weighted by molar-refractivity contribution is 5.83. The molecule has 0 aromatic heterocycles. The maximum Gasteiger partial charge on any atom is 0.226 e. The van der Waals surface area contributed by atoms with Crippen LogP contribution >= 0.6 is 0 Å². The average Bonchev–Trinajstić information content (AvgIpc) is 2.89. The van der Waals surface area contributed by atoms with Gasteiger partial charge in [-0.1, -0.05) is 13.3 Å². The molecule has 1 N–H and O–H groups in total. The molecule has 2 atom stereocenters. The number of rotatable bonds is 4. The van der Waals surface area contributed by atoms with E-state index in [1.807, 2.05) is 0 Å². The van der Waals surface area contributed by atoms with Crippen molar-refractivity contribution in [2.45, 2.75) is 51.5 Å². The van der Waals surface area contributed by atoms with Crippen molar-refractivity contribution < 1.29 is 4.79 Å². The van der Waals surface area contributed by atoms with E-state index in [0.29, 0.717) is 17.9 Å². The number of nitrogens with one attached hydrogen (secondary N) is 1. The van der Waals surface area contributed by atoms with Crippen LogP contribution in [-0.2, 0) is 4.79 Å². The lowest BCUT2D eigenvalue weighted by atomic mass is 10.0. The quantitative estimate of drug-likeness (QED) is 0.828. The van der Waals surface area contributed by atoms with Crippen LogP contribution in [0.4, 0.5) is 0 Å². The van der Waals surface area contributed by atoms with Crippen LogP contribution in [0.15, 0.2) is 0 Å². The molecule has 0 aromatic carbocycles. The van der Waals surface area contributed by atoms with Gasteiger partial charge in [0.15, 0.2) is 0 Å². The minimum Gasteiger partial charge on any atom is -0.339 e. The molecule has 0 aromatic rings. The number of amides is 1. The Hall–Kier alpha value is -0.570. The highest BCUT2D eigenvalue weighted by Gasteiger charge is 2.57. The molecule has 0 bridgehead atoms. The third kappa shape index (κ3) is 2.18. The Kier molecular flexibility index (Phi) is 3.60. The predicted octanol–water partition coefficient (Wildman–Crippen LogP) is 2.02. The standard InChI is InChI=1S/C15H26N2O/c1-2-10-17(11-6-8-16-9-7-11)15(18)14-12-4-3-5-13(12)14/h11-14,16H,2-10H2,1H3. The summed E-state index contributed by atoms with van der Waals surface area (Å²) in [7, 11) is 0. The van der Waals surface area contributed by atoms with Crippen LogP contribution < -0.4 is 5.32 Å². The number of fused-ring (bicyclic) bond motifs is 1. The molecule has 1 saturated heterocycles.